The Hall–Kier alpha value is -1.60. The van der Waals surface area contributed by atoms with Gasteiger partial charge in [0, 0.05) is 6.54 Å². The molecule has 17 heavy (non-hydrogen) atoms. The molecule has 0 radical (unpaired) electrons. The Morgan fingerprint density at radius 3 is 2.76 bits per heavy atom. The molecule has 0 aromatic heterocycles. The number of nitrogens with one attached hydrogen (secondary N) is 1. The molecular formula is C10H13NO5S. The van der Waals surface area contributed by atoms with Gasteiger partial charge >= 0.3 is 5.97 Å². The van der Waals surface area contributed by atoms with Gasteiger partial charge in [0.2, 0.25) is 10.0 Å². The minimum Gasteiger partial charge on any atom is -0.508 e. The Bertz CT molecular complexity index is 497. The van der Waals surface area contributed by atoms with Crippen molar-refractivity contribution >= 4 is 16.0 Å². The molecule has 6 nitrogen and oxygen atoms in total. The summed E-state index contributed by atoms with van der Waals surface area (Å²) in [5.41, 5.74) is 0.596. The van der Waals surface area contributed by atoms with E-state index in [0.717, 1.165) is 7.11 Å². The second kappa shape index (κ2) is 5.65. The summed E-state index contributed by atoms with van der Waals surface area (Å²) in [6.45, 7) is 0.00767. The molecule has 0 aliphatic rings. The number of phenolic OH excluding ortho intramolecular Hbond substituents is 1. The summed E-state index contributed by atoms with van der Waals surface area (Å²) in [6.07, 6.45) is 0. The Kier molecular flexibility index (Phi) is 4.47. The summed E-state index contributed by atoms with van der Waals surface area (Å²) < 4.78 is 29.3. The average molecular weight is 259 g/mol. The van der Waals surface area contributed by atoms with Crippen LogP contribution < -0.4 is 4.72 Å². The molecule has 0 aliphatic carbocycles. The zero-order chi connectivity index (χ0) is 12.9. The van der Waals surface area contributed by atoms with Crippen LogP contribution in [0.15, 0.2) is 24.3 Å². The normalized spacial score (nSPS) is 11.1. The van der Waals surface area contributed by atoms with E-state index in [0.29, 0.717) is 5.56 Å². The number of esters is 1. The van der Waals surface area contributed by atoms with E-state index in [2.05, 4.69) is 9.46 Å². The van der Waals surface area contributed by atoms with Gasteiger partial charge in [-0.05, 0) is 17.7 Å². The minimum absolute atomic E-state index is 0.00767. The molecule has 7 heteroatoms. The van der Waals surface area contributed by atoms with E-state index in [-0.39, 0.29) is 12.3 Å². The fraction of sp³-hybridized carbons (Fsp3) is 0.300. The molecule has 0 unspecified atom stereocenters. The van der Waals surface area contributed by atoms with E-state index < -0.39 is 21.7 Å². The average Bonchev–Trinajstić information content (AvgIpc) is 2.26. The van der Waals surface area contributed by atoms with E-state index in [1.807, 2.05) is 0 Å². The standard InChI is InChI=1S/C10H13NO5S/c1-16-10(13)7-17(14,15)11-6-8-3-2-4-9(12)5-8/h2-5,11-12H,6-7H2,1H3. The van der Waals surface area contributed by atoms with Crippen molar-refractivity contribution in [2.75, 3.05) is 12.9 Å². The molecule has 94 valence electrons. The summed E-state index contributed by atoms with van der Waals surface area (Å²) in [6, 6.07) is 6.16. The summed E-state index contributed by atoms with van der Waals surface area (Å²) in [4.78, 5) is 10.8. The van der Waals surface area contributed by atoms with Crippen molar-refractivity contribution in [3.8, 4) is 5.75 Å². The second-order valence-corrected chi connectivity index (χ2v) is 5.13. The van der Waals surface area contributed by atoms with E-state index in [9.17, 15) is 18.3 Å². The topological polar surface area (TPSA) is 92.7 Å². The maximum Gasteiger partial charge on any atom is 0.322 e. The molecule has 0 heterocycles. The number of benzene rings is 1. The number of aromatic hydroxyl groups is 1. The Morgan fingerprint density at radius 2 is 2.18 bits per heavy atom. The van der Waals surface area contributed by atoms with Gasteiger partial charge in [-0.25, -0.2) is 13.1 Å². The van der Waals surface area contributed by atoms with Crippen molar-refractivity contribution in [3.63, 3.8) is 0 Å². The number of hydrogen-bond acceptors (Lipinski definition) is 5. The van der Waals surface area contributed by atoms with Gasteiger partial charge in [-0.1, -0.05) is 12.1 Å². The summed E-state index contributed by atoms with van der Waals surface area (Å²) in [5.74, 6) is -1.49. The van der Waals surface area contributed by atoms with Crippen LogP contribution in [-0.4, -0.2) is 32.4 Å². The molecule has 0 aliphatic heterocycles. The zero-order valence-corrected chi connectivity index (χ0v) is 10.0. The van der Waals surface area contributed by atoms with Crippen molar-refractivity contribution in [1.82, 2.24) is 4.72 Å². The first kappa shape index (κ1) is 13.5. The monoisotopic (exact) mass is 259 g/mol. The smallest absolute Gasteiger partial charge is 0.322 e. The first-order valence-corrected chi connectivity index (χ1v) is 6.40. The van der Waals surface area contributed by atoms with Crippen molar-refractivity contribution in [2.24, 2.45) is 0 Å². The number of sulfonamides is 1. The Balaban J connectivity index is 2.58. The molecule has 0 fully saturated rings. The van der Waals surface area contributed by atoms with Gasteiger partial charge in [0.05, 0.1) is 7.11 Å². The number of rotatable bonds is 5. The first-order chi connectivity index (χ1) is 7.93. The SMILES string of the molecule is COC(=O)CS(=O)(=O)NCc1cccc(O)c1. The predicted molar refractivity (Wildman–Crippen MR) is 60.7 cm³/mol. The molecule has 0 amide bonds. The zero-order valence-electron chi connectivity index (χ0n) is 9.21. The van der Waals surface area contributed by atoms with Gasteiger partial charge in [0.15, 0.2) is 5.75 Å². The number of carbonyl (C=O) groups excluding carboxylic acids is 1. The number of ether oxygens (including phenoxy) is 1. The van der Waals surface area contributed by atoms with Crippen LogP contribution in [0, 0.1) is 0 Å². The van der Waals surface area contributed by atoms with Gasteiger partial charge < -0.3 is 9.84 Å². The lowest BCUT2D eigenvalue weighted by molar-refractivity contribution is -0.137. The van der Waals surface area contributed by atoms with Crippen LogP contribution in [0.1, 0.15) is 5.56 Å². The van der Waals surface area contributed by atoms with E-state index in [1.54, 1.807) is 12.1 Å². The quantitative estimate of drug-likeness (QED) is 0.725. The van der Waals surface area contributed by atoms with Crippen molar-refractivity contribution in [1.29, 1.82) is 0 Å². The van der Waals surface area contributed by atoms with Gasteiger partial charge in [-0.2, -0.15) is 0 Å². The van der Waals surface area contributed by atoms with Gasteiger partial charge in [0.1, 0.15) is 5.75 Å². The van der Waals surface area contributed by atoms with Crippen LogP contribution in [0.25, 0.3) is 0 Å². The van der Waals surface area contributed by atoms with Gasteiger partial charge in [0.25, 0.3) is 0 Å². The number of methoxy groups -OCH3 is 1. The van der Waals surface area contributed by atoms with Crippen molar-refractivity contribution in [2.45, 2.75) is 6.54 Å². The highest BCUT2D eigenvalue weighted by molar-refractivity contribution is 7.90. The number of carbonyl (C=O) groups is 1. The molecule has 1 rings (SSSR count). The summed E-state index contributed by atoms with van der Waals surface area (Å²) >= 11 is 0. The molecule has 0 saturated heterocycles. The first-order valence-electron chi connectivity index (χ1n) is 4.75. The molecule has 1 aromatic carbocycles. The van der Waals surface area contributed by atoms with Crippen molar-refractivity contribution < 1.29 is 23.1 Å². The van der Waals surface area contributed by atoms with Gasteiger partial charge in [-0.3, -0.25) is 4.79 Å². The molecule has 0 spiro atoms. The molecule has 0 atom stereocenters. The minimum atomic E-state index is -3.71. The van der Waals surface area contributed by atoms with Crippen LogP contribution in [0.2, 0.25) is 0 Å². The molecule has 1 aromatic rings. The lowest BCUT2D eigenvalue weighted by atomic mass is 10.2. The number of phenols is 1. The highest BCUT2D eigenvalue weighted by atomic mass is 32.2. The fourth-order valence-electron chi connectivity index (χ4n) is 1.12. The highest BCUT2D eigenvalue weighted by Crippen LogP contribution is 2.10. The third-order valence-corrected chi connectivity index (χ3v) is 3.14. The maximum atomic E-state index is 11.4. The third-order valence-electron chi connectivity index (χ3n) is 1.94. The highest BCUT2D eigenvalue weighted by Gasteiger charge is 2.16. The maximum absolute atomic E-state index is 11.4. The number of hydrogen-bond donors (Lipinski definition) is 2. The fourth-order valence-corrected chi connectivity index (χ4v) is 2.04. The molecule has 0 saturated carbocycles. The van der Waals surface area contributed by atoms with Crippen LogP contribution in [0.3, 0.4) is 0 Å². The van der Waals surface area contributed by atoms with Gasteiger partial charge in [-0.15, -0.1) is 0 Å². The lowest BCUT2D eigenvalue weighted by Crippen LogP contribution is -2.30. The van der Waals surface area contributed by atoms with Crippen LogP contribution in [-0.2, 0) is 26.1 Å². The largest absolute Gasteiger partial charge is 0.508 e. The molecular weight excluding hydrogens is 246 g/mol. The van der Waals surface area contributed by atoms with E-state index in [4.69, 9.17) is 0 Å². The van der Waals surface area contributed by atoms with Crippen LogP contribution in [0.4, 0.5) is 0 Å². The Labute approximate surface area is 99.3 Å². The third kappa shape index (κ3) is 4.83. The second-order valence-electron chi connectivity index (χ2n) is 3.33. The van der Waals surface area contributed by atoms with Crippen LogP contribution >= 0.6 is 0 Å². The predicted octanol–water partition coefficient (Wildman–Crippen LogP) is -0.0154. The van der Waals surface area contributed by atoms with E-state index >= 15 is 0 Å². The van der Waals surface area contributed by atoms with E-state index in [1.165, 1.54) is 12.1 Å². The molecule has 2 N–H and O–H groups in total. The summed E-state index contributed by atoms with van der Waals surface area (Å²) in [7, 11) is -2.59. The van der Waals surface area contributed by atoms with Crippen molar-refractivity contribution in [3.05, 3.63) is 29.8 Å². The lowest BCUT2D eigenvalue weighted by Gasteiger charge is -2.05. The summed E-state index contributed by atoms with van der Waals surface area (Å²) in [5, 5.41) is 9.17. The Morgan fingerprint density at radius 1 is 1.47 bits per heavy atom. The van der Waals surface area contributed by atoms with Crippen LogP contribution in [0.5, 0.6) is 5.75 Å². The molecule has 0 bridgehead atoms.